The van der Waals surface area contributed by atoms with Crippen LogP contribution in [0.5, 0.6) is 0 Å². The van der Waals surface area contributed by atoms with Gasteiger partial charge in [0.15, 0.2) is 0 Å². The first-order valence-corrected chi connectivity index (χ1v) is 7.91. The molecule has 0 bridgehead atoms. The molecule has 0 spiro atoms. The third-order valence-corrected chi connectivity index (χ3v) is 6.18. The molecule has 21 heavy (non-hydrogen) atoms. The lowest BCUT2D eigenvalue weighted by Gasteiger charge is -2.25. The zero-order chi connectivity index (χ0) is 15.4. The SMILES string of the molecule is CC1(C)C(CN2C(=O)CNC2c2cccc(Cl)c2)C1(C)C. The molecule has 2 fully saturated rings. The molecule has 1 saturated heterocycles. The molecule has 1 amide bonds. The summed E-state index contributed by atoms with van der Waals surface area (Å²) in [5.41, 5.74) is 1.63. The first-order valence-electron chi connectivity index (χ1n) is 7.53. The summed E-state index contributed by atoms with van der Waals surface area (Å²) < 4.78 is 0. The maximum Gasteiger partial charge on any atom is 0.238 e. The Balaban J connectivity index is 1.81. The van der Waals surface area contributed by atoms with Crippen molar-refractivity contribution in [2.45, 2.75) is 33.9 Å². The first-order chi connectivity index (χ1) is 9.75. The Hall–Kier alpha value is -1.06. The summed E-state index contributed by atoms with van der Waals surface area (Å²) >= 11 is 6.08. The lowest BCUT2D eigenvalue weighted by molar-refractivity contribution is -0.128. The molecule has 1 aromatic carbocycles. The van der Waals surface area contributed by atoms with Crippen LogP contribution in [0.2, 0.25) is 5.02 Å². The van der Waals surface area contributed by atoms with Gasteiger partial charge in [-0.1, -0.05) is 51.4 Å². The quantitative estimate of drug-likeness (QED) is 0.927. The van der Waals surface area contributed by atoms with E-state index in [4.69, 9.17) is 11.6 Å². The Labute approximate surface area is 131 Å². The van der Waals surface area contributed by atoms with E-state index in [2.05, 4.69) is 33.0 Å². The van der Waals surface area contributed by atoms with E-state index in [1.165, 1.54) is 0 Å². The molecule has 1 N–H and O–H groups in total. The number of carbonyl (C=O) groups is 1. The summed E-state index contributed by atoms with van der Waals surface area (Å²) in [6, 6.07) is 7.76. The van der Waals surface area contributed by atoms with Crippen molar-refractivity contribution in [1.82, 2.24) is 10.2 Å². The fourth-order valence-corrected chi connectivity index (χ4v) is 3.91. The monoisotopic (exact) mass is 306 g/mol. The second-order valence-corrected chi connectivity index (χ2v) is 7.82. The summed E-state index contributed by atoms with van der Waals surface area (Å²) in [5, 5.41) is 4.01. The summed E-state index contributed by atoms with van der Waals surface area (Å²) in [4.78, 5) is 14.2. The second-order valence-electron chi connectivity index (χ2n) is 7.38. The minimum atomic E-state index is -0.0524. The summed E-state index contributed by atoms with van der Waals surface area (Å²) in [6.45, 7) is 10.4. The third-order valence-electron chi connectivity index (χ3n) is 5.94. The average Bonchev–Trinajstić information content (AvgIpc) is 2.70. The van der Waals surface area contributed by atoms with E-state index in [1.54, 1.807) is 0 Å². The molecule has 1 atom stereocenters. The topological polar surface area (TPSA) is 32.3 Å². The lowest BCUT2D eigenvalue weighted by Crippen LogP contribution is -2.33. The number of nitrogens with one attached hydrogen (secondary N) is 1. The van der Waals surface area contributed by atoms with Gasteiger partial charge < -0.3 is 4.90 Å². The molecule has 1 saturated carbocycles. The molecule has 1 unspecified atom stereocenters. The number of nitrogens with zero attached hydrogens (tertiary/aromatic N) is 1. The number of hydrogen-bond acceptors (Lipinski definition) is 2. The largest absolute Gasteiger partial charge is 0.321 e. The Morgan fingerprint density at radius 3 is 2.52 bits per heavy atom. The molecule has 1 aliphatic heterocycles. The number of benzene rings is 1. The van der Waals surface area contributed by atoms with Crippen LogP contribution in [-0.2, 0) is 4.79 Å². The molecule has 1 aliphatic carbocycles. The standard InChI is InChI=1S/C17H23ClN2O/c1-16(2)13(17(16,3)4)10-20-14(21)9-19-15(20)11-6-5-7-12(18)8-11/h5-8,13,15,19H,9-10H2,1-4H3. The van der Waals surface area contributed by atoms with Gasteiger partial charge in [-0.25, -0.2) is 0 Å². The maximum absolute atomic E-state index is 12.3. The summed E-state index contributed by atoms with van der Waals surface area (Å²) in [5.74, 6) is 0.717. The Kier molecular flexibility index (Phi) is 3.34. The van der Waals surface area contributed by atoms with Crippen LogP contribution < -0.4 is 5.32 Å². The number of halogens is 1. The number of carbonyl (C=O) groups excluding carboxylic acids is 1. The highest BCUT2D eigenvalue weighted by Gasteiger charge is 2.65. The fraction of sp³-hybridized carbons (Fsp3) is 0.588. The van der Waals surface area contributed by atoms with Crippen molar-refractivity contribution < 1.29 is 4.79 Å². The van der Waals surface area contributed by atoms with Crippen LogP contribution in [0.4, 0.5) is 0 Å². The van der Waals surface area contributed by atoms with E-state index in [1.807, 2.05) is 29.2 Å². The predicted molar refractivity (Wildman–Crippen MR) is 85.0 cm³/mol. The van der Waals surface area contributed by atoms with Crippen LogP contribution in [0.25, 0.3) is 0 Å². The minimum absolute atomic E-state index is 0.0524. The molecule has 4 heteroatoms. The fourth-order valence-electron chi connectivity index (χ4n) is 3.71. The van der Waals surface area contributed by atoms with Crippen LogP contribution in [0.3, 0.4) is 0 Å². The molecule has 114 valence electrons. The van der Waals surface area contributed by atoms with Crippen molar-refractivity contribution in [1.29, 1.82) is 0 Å². The van der Waals surface area contributed by atoms with Crippen molar-refractivity contribution in [2.75, 3.05) is 13.1 Å². The molecule has 3 rings (SSSR count). The molecule has 1 aromatic rings. The van der Waals surface area contributed by atoms with Crippen molar-refractivity contribution >= 4 is 17.5 Å². The minimum Gasteiger partial charge on any atom is -0.321 e. The van der Waals surface area contributed by atoms with E-state index in [0.29, 0.717) is 17.5 Å². The molecule has 0 radical (unpaired) electrons. The second kappa shape index (κ2) is 4.72. The van der Waals surface area contributed by atoms with Gasteiger partial charge in [0.25, 0.3) is 0 Å². The predicted octanol–water partition coefficient (Wildman–Crippen LogP) is 3.45. The summed E-state index contributed by atoms with van der Waals surface area (Å²) in [6.07, 6.45) is -0.0524. The first kappa shape index (κ1) is 14.9. The van der Waals surface area contributed by atoms with Gasteiger partial charge in [-0.2, -0.15) is 0 Å². The Morgan fingerprint density at radius 1 is 1.29 bits per heavy atom. The molecular weight excluding hydrogens is 284 g/mol. The van der Waals surface area contributed by atoms with Gasteiger partial charge in [0.05, 0.1) is 6.54 Å². The summed E-state index contributed by atoms with van der Waals surface area (Å²) in [7, 11) is 0. The van der Waals surface area contributed by atoms with Gasteiger partial charge in [0.2, 0.25) is 5.91 Å². The Morgan fingerprint density at radius 2 is 1.95 bits per heavy atom. The maximum atomic E-state index is 12.3. The van der Waals surface area contributed by atoms with Crippen molar-refractivity contribution in [2.24, 2.45) is 16.7 Å². The molecule has 0 aromatic heterocycles. The van der Waals surface area contributed by atoms with Crippen molar-refractivity contribution in [3.8, 4) is 0 Å². The molecule has 1 heterocycles. The third kappa shape index (κ3) is 2.27. The van der Waals surface area contributed by atoms with Crippen molar-refractivity contribution in [3.05, 3.63) is 34.9 Å². The van der Waals surface area contributed by atoms with Crippen LogP contribution in [0.15, 0.2) is 24.3 Å². The number of amides is 1. The van der Waals surface area contributed by atoms with E-state index in [0.717, 1.165) is 12.1 Å². The van der Waals surface area contributed by atoms with E-state index < -0.39 is 0 Å². The highest BCUT2D eigenvalue weighted by Crippen LogP contribution is 2.68. The Bertz CT molecular complexity index is 568. The van der Waals surface area contributed by atoms with Gasteiger partial charge in [0, 0.05) is 11.6 Å². The highest BCUT2D eigenvalue weighted by atomic mass is 35.5. The lowest BCUT2D eigenvalue weighted by atomic mass is 10.0. The molecular formula is C17H23ClN2O. The van der Waals surface area contributed by atoms with Crippen LogP contribution in [0, 0.1) is 16.7 Å². The van der Waals surface area contributed by atoms with E-state index in [9.17, 15) is 4.79 Å². The molecule has 2 aliphatic rings. The van der Waals surface area contributed by atoms with Crippen LogP contribution in [0.1, 0.15) is 39.4 Å². The highest BCUT2D eigenvalue weighted by molar-refractivity contribution is 6.30. The van der Waals surface area contributed by atoms with Gasteiger partial charge in [-0.15, -0.1) is 0 Å². The normalized spacial score (nSPS) is 27.2. The van der Waals surface area contributed by atoms with E-state index >= 15 is 0 Å². The molecule has 3 nitrogen and oxygen atoms in total. The zero-order valence-corrected chi connectivity index (χ0v) is 13.9. The van der Waals surface area contributed by atoms with E-state index in [-0.39, 0.29) is 22.9 Å². The number of rotatable bonds is 3. The average molecular weight is 307 g/mol. The van der Waals surface area contributed by atoms with Gasteiger partial charge in [-0.3, -0.25) is 10.1 Å². The zero-order valence-electron chi connectivity index (χ0n) is 13.1. The van der Waals surface area contributed by atoms with Gasteiger partial charge >= 0.3 is 0 Å². The van der Waals surface area contributed by atoms with Crippen LogP contribution >= 0.6 is 11.6 Å². The van der Waals surface area contributed by atoms with Gasteiger partial charge in [0.1, 0.15) is 6.17 Å². The van der Waals surface area contributed by atoms with Crippen molar-refractivity contribution in [3.63, 3.8) is 0 Å². The smallest absolute Gasteiger partial charge is 0.238 e. The van der Waals surface area contributed by atoms with Crippen LogP contribution in [-0.4, -0.2) is 23.9 Å². The van der Waals surface area contributed by atoms with Gasteiger partial charge in [-0.05, 0) is 34.4 Å². The number of hydrogen-bond donors (Lipinski definition) is 1.